The third kappa shape index (κ3) is 3.35. The van der Waals surface area contributed by atoms with Gasteiger partial charge in [0.25, 0.3) is 5.91 Å². The van der Waals surface area contributed by atoms with Gasteiger partial charge >= 0.3 is 0 Å². The molecule has 0 fully saturated rings. The zero-order valence-corrected chi connectivity index (χ0v) is 14.7. The molecule has 0 unspecified atom stereocenters. The first kappa shape index (κ1) is 16.3. The maximum absolute atomic E-state index is 12.4. The second kappa shape index (κ2) is 6.92. The first-order valence-corrected chi connectivity index (χ1v) is 8.55. The van der Waals surface area contributed by atoms with Gasteiger partial charge in [0.15, 0.2) is 5.82 Å². The van der Waals surface area contributed by atoms with Crippen LogP contribution in [0.25, 0.3) is 5.82 Å². The molecule has 124 valence electrons. The van der Waals surface area contributed by atoms with E-state index in [1.807, 2.05) is 39.0 Å². The zero-order valence-electron chi connectivity index (χ0n) is 13.9. The number of amides is 1. The van der Waals surface area contributed by atoms with Gasteiger partial charge in [-0.25, -0.2) is 14.6 Å². The quantitative estimate of drug-likeness (QED) is 0.774. The lowest BCUT2D eigenvalue weighted by atomic mass is 10.2. The van der Waals surface area contributed by atoms with Crippen LogP contribution >= 0.6 is 11.3 Å². The van der Waals surface area contributed by atoms with E-state index in [-0.39, 0.29) is 5.91 Å². The average Bonchev–Trinajstić information content (AvgIpc) is 3.10. The van der Waals surface area contributed by atoms with Gasteiger partial charge < -0.3 is 5.32 Å². The highest BCUT2D eigenvalue weighted by Crippen LogP contribution is 2.17. The van der Waals surface area contributed by atoms with Gasteiger partial charge in [-0.2, -0.15) is 5.10 Å². The molecular formula is C17H19N5OS. The second-order valence-electron chi connectivity index (χ2n) is 5.49. The molecule has 0 saturated heterocycles. The van der Waals surface area contributed by atoms with Crippen LogP contribution in [-0.2, 0) is 6.42 Å². The van der Waals surface area contributed by atoms with E-state index in [4.69, 9.17) is 0 Å². The smallest absolute Gasteiger partial charge is 0.254 e. The Bertz CT molecular complexity index is 853. The van der Waals surface area contributed by atoms with Gasteiger partial charge in [-0.15, -0.1) is 11.3 Å². The summed E-state index contributed by atoms with van der Waals surface area (Å²) >= 11 is 1.68. The monoisotopic (exact) mass is 341 g/mol. The van der Waals surface area contributed by atoms with Crippen molar-refractivity contribution in [3.05, 3.63) is 57.4 Å². The second-order valence-corrected chi connectivity index (χ2v) is 6.78. The molecule has 7 heteroatoms. The van der Waals surface area contributed by atoms with Gasteiger partial charge in [0.2, 0.25) is 0 Å². The topological polar surface area (TPSA) is 72.7 Å². The maximum atomic E-state index is 12.4. The number of carbonyl (C=O) groups excluding carboxylic acids is 1. The van der Waals surface area contributed by atoms with Crippen molar-refractivity contribution in [1.29, 1.82) is 0 Å². The lowest BCUT2D eigenvalue weighted by Gasteiger charge is -2.06. The Hall–Kier alpha value is -2.54. The number of aromatic nitrogens is 4. The molecule has 1 N–H and O–H groups in total. The van der Waals surface area contributed by atoms with Crippen molar-refractivity contribution >= 4 is 17.2 Å². The molecule has 3 heterocycles. The molecule has 0 aromatic carbocycles. The van der Waals surface area contributed by atoms with Crippen LogP contribution in [0.4, 0.5) is 0 Å². The number of pyridine rings is 1. The fraction of sp³-hybridized carbons (Fsp3) is 0.294. The summed E-state index contributed by atoms with van der Waals surface area (Å²) in [7, 11) is 0. The molecule has 1 amide bonds. The summed E-state index contributed by atoms with van der Waals surface area (Å²) in [5, 5.41) is 8.29. The normalized spacial score (nSPS) is 10.8. The van der Waals surface area contributed by atoms with E-state index in [2.05, 4.69) is 20.4 Å². The summed E-state index contributed by atoms with van der Waals surface area (Å²) in [4.78, 5) is 22.3. The fourth-order valence-electron chi connectivity index (χ4n) is 2.53. The number of nitrogens with zero attached hydrogens (tertiary/aromatic N) is 4. The predicted octanol–water partition coefficient (Wildman–Crippen LogP) is 2.62. The molecule has 0 saturated carbocycles. The summed E-state index contributed by atoms with van der Waals surface area (Å²) in [6, 6.07) is 5.60. The SMILES string of the molecule is Cc1nc(C)c(CCNC(=O)c2cnn(-c3ccccn3)c2C)s1. The lowest BCUT2D eigenvalue weighted by molar-refractivity contribution is 0.0953. The van der Waals surface area contributed by atoms with Crippen LogP contribution in [-0.4, -0.2) is 32.2 Å². The number of rotatable bonds is 5. The van der Waals surface area contributed by atoms with Crippen molar-refractivity contribution in [3.8, 4) is 5.82 Å². The minimum absolute atomic E-state index is 0.117. The lowest BCUT2D eigenvalue weighted by Crippen LogP contribution is -2.26. The molecule has 0 radical (unpaired) electrons. The van der Waals surface area contributed by atoms with Gasteiger partial charge in [0.1, 0.15) is 0 Å². The molecule has 0 aliphatic heterocycles. The van der Waals surface area contributed by atoms with Crippen LogP contribution in [0.1, 0.15) is 31.6 Å². The Kier molecular flexibility index (Phi) is 4.71. The number of nitrogens with one attached hydrogen (secondary N) is 1. The molecule has 3 rings (SSSR count). The van der Waals surface area contributed by atoms with E-state index >= 15 is 0 Å². The first-order chi connectivity index (χ1) is 11.6. The van der Waals surface area contributed by atoms with Crippen molar-refractivity contribution < 1.29 is 4.79 Å². The standard InChI is InChI=1S/C17H19N5OS/c1-11-15(24-13(3)21-11)7-9-19-17(23)14-10-20-22(12(14)2)16-6-4-5-8-18-16/h4-6,8,10H,7,9H2,1-3H3,(H,19,23). The number of hydrogen-bond acceptors (Lipinski definition) is 5. The van der Waals surface area contributed by atoms with Gasteiger partial charge in [-0.3, -0.25) is 4.79 Å². The number of aryl methyl sites for hydroxylation is 2. The van der Waals surface area contributed by atoms with Gasteiger partial charge in [-0.05, 0) is 32.9 Å². The van der Waals surface area contributed by atoms with Crippen LogP contribution in [0.5, 0.6) is 0 Å². The predicted molar refractivity (Wildman–Crippen MR) is 93.7 cm³/mol. The highest BCUT2D eigenvalue weighted by molar-refractivity contribution is 7.11. The Morgan fingerprint density at radius 1 is 1.29 bits per heavy atom. The van der Waals surface area contributed by atoms with Crippen molar-refractivity contribution in [2.45, 2.75) is 27.2 Å². The Morgan fingerprint density at radius 3 is 2.79 bits per heavy atom. The molecule has 6 nitrogen and oxygen atoms in total. The van der Waals surface area contributed by atoms with E-state index < -0.39 is 0 Å². The van der Waals surface area contributed by atoms with E-state index in [0.717, 1.165) is 22.8 Å². The molecule has 0 aliphatic rings. The first-order valence-electron chi connectivity index (χ1n) is 7.73. The number of thiazole rings is 1. The van der Waals surface area contributed by atoms with Crippen molar-refractivity contribution in [3.63, 3.8) is 0 Å². The highest BCUT2D eigenvalue weighted by atomic mass is 32.1. The van der Waals surface area contributed by atoms with Gasteiger partial charge in [0.05, 0.1) is 28.2 Å². The minimum atomic E-state index is -0.117. The highest BCUT2D eigenvalue weighted by Gasteiger charge is 2.15. The van der Waals surface area contributed by atoms with E-state index in [1.165, 1.54) is 4.88 Å². The van der Waals surface area contributed by atoms with Crippen molar-refractivity contribution in [1.82, 2.24) is 25.1 Å². The Morgan fingerprint density at radius 2 is 2.12 bits per heavy atom. The molecule has 24 heavy (non-hydrogen) atoms. The molecule has 0 spiro atoms. The third-order valence-corrected chi connectivity index (χ3v) is 4.89. The summed E-state index contributed by atoms with van der Waals surface area (Å²) in [5.74, 6) is 0.582. The average molecular weight is 341 g/mol. The summed E-state index contributed by atoms with van der Waals surface area (Å²) in [5.41, 5.74) is 2.39. The molecular weight excluding hydrogens is 322 g/mol. The van der Waals surface area contributed by atoms with E-state index in [1.54, 1.807) is 28.4 Å². The number of carbonyl (C=O) groups is 1. The van der Waals surface area contributed by atoms with Crippen molar-refractivity contribution in [2.24, 2.45) is 0 Å². The minimum Gasteiger partial charge on any atom is -0.352 e. The van der Waals surface area contributed by atoms with Crippen LogP contribution in [0.2, 0.25) is 0 Å². The van der Waals surface area contributed by atoms with E-state index in [0.29, 0.717) is 17.9 Å². The van der Waals surface area contributed by atoms with Gasteiger partial charge in [-0.1, -0.05) is 6.07 Å². The van der Waals surface area contributed by atoms with Crippen LogP contribution in [0.3, 0.4) is 0 Å². The Labute approximate surface area is 144 Å². The van der Waals surface area contributed by atoms with Crippen LogP contribution in [0.15, 0.2) is 30.6 Å². The van der Waals surface area contributed by atoms with Crippen LogP contribution < -0.4 is 5.32 Å². The molecule has 3 aromatic heterocycles. The van der Waals surface area contributed by atoms with Crippen molar-refractivity contribution in [2.75, 3.05) is 6.54 Å². The van der Waals surface area contributed by atoms with E-state index in [9.17, 15) is 4.79 Å². The third-order valence-electron chi connectivity index (χ3n) is 3.76. The molecule has 3 aromatic rings. The zero-order chi connectivity index (χ0) is 17.1. The molecule has 0 aliphatic carbocycles. The summed E-state index contributed by atoms with van der Waals surface area (Å²) in [6.07, 6.45) is 4.08. The largest absolute Gasteiger partial charge is 0.352 e. The summed E-state index contributed by atoms with van der Waals surface area (Å²) in [6.45, 7) is 6.44. The maximum Gasteiger partial charge on any atom is 0.254 e. The van der Waals surface area contributed by atoms with Crippen LogP contribution in [0, 0.1) is 20.8 Å². The molecule has 0 atom stereocenters. The summed E-state index contributed by atoms with van der Waals surface area (Å²) < 4.78 is 1.67. The Balaban J connectivity index is 1.66. The van der Waals surface area contributed by atoms with Gasteiger partial charge in [0, 0.05) is 24.0 Å². The molecule has 0 bridgehead atoms. The fourth-order valence-corrected chi connectivity index (χ4v) is 3.47. The number of hydrogen-bond donors (Lipinski definition) is 1.